The van der Waals surface area contributed by atoms with Gasteiger partial charge < -0.3 is 5.73 Å². The van der Waals surface area contributed by atoms with Crippen molar-refractivity contribution >= 4 is 17.4 Å². The summed E-state index contributed by atoms with van der Waals surface area (Å²) in [7, 11) is 0. The molecule has 1 saturated carbocycles. The number of benzene rings is 1. The molecule has 0 saturated heterocycles. The Morgan fingerprint density at radius 2 is 2.21 bits per heavy atom. The molecule has 0 aliphatic heterocycles. The van der Waals surface area contributed by atoms with Gasteiger partial charge in [-0.15, -0.1) is 0 Å². The Morgan fingerprint density at radius 1 is 1.43 bits per heavy atom. The van der Waals surface area contributed by atoms with Crippen LogP contribution in [0.25, 0.3) is 0 Å². The molecule has 0 unspecified atom stereocenters. The Labute approximate surface area is 90.1 Å². The lowest BCUT2D eigenvalue weighted by atomic mass is 9.66. The molecular weight excluding hydrogens is 190 g/mol. The average molecular weight is 207 g/mol. The van der Waals surface area contributed by atoms with Crippen LogP contribution in [0, 0.1) is 0 Å². The zero-order valence-electron chi connectivity index (χ0n) is 8.62. The molecule has 1 aromatic rings. The molecule has 0 atom stereocenters. The number of nitrogen functional groups attached to an aromatic ring is 1. The van der Waals surface area contributed by atoms with Crippen LogP contribution >= 0.6 is 11.8 Å². The molecular formula is C12H17NS. The molecule has 1 aliphatic rings. The van der Waals surface area contributed by atoms with Crippen molar-refractivity contribution in [1.29, 1.82) is 0 Å². The number of thioether (sulfide) groups is 1. The molecule has 0 radical (unpaired) electrons. The maximum absolute atomic E-state index is 5.82. The van der Waals surface area contributed by atoms with Crippen LogP contribution in [-0.2, 0) is 5.41 Å². The van der Waals surface area contributed by atoms with Gasteiger partial charge >= 0.3 is 0 Å². The normalized spacial score (nSPS) is 18.9. The van der Waals surface area contributed by atoms with Gasteiger partial charge in [-0.05, 0) is 36.8 Å². The number of rotatable bonds is 3. The van der Waals surface area contributed by atoms with E-state index in [1.807, 2.05) is 17.8 Å². The minimum Gasteiger partial charge on any atom is -0.399 e. The Kier molecular flexibility index (Phi) is 2.73. The van der Waals surface area contributed by atoms with Crippen LogP contribution in [0.4, 0.5) is 5.69 Å². The van der Waals surface area contributed by atoms with Gasteiger partial charge in [-0.1, -0.05) is 18.6 Å². The molecule has 0 spiro atoms. The van der Waals surface area contributed by atoms with Crippen molar-refractivity contribution in [2.75, 3.05) is 17.7 Å². The van der Waals surface area contributed by atoms with Gasteiger partial charge in [-0.25, -0.2) is 0 Å². The minimum atomic E-state index is 0.439. The quantitative estimate of drug-likeness (QED) is 0.771. The highest BCUT2D eigenvalue weighted by atomic mass is 32.2. The molecule has 2 rings (SSSR count). The average Bonchev–Trinajstić information content (AvgIpc) is 2.11. The van der Waals surface area contributed by atoms with E-state index in [1.165, 1.54) is 30.6 Å². The number of anilines is 1. The van der Waals surface area contributed by atoms with Crippen LogP contribution in [0.3, 0.4) is 0 Å². The van der Waals surface area contributed by atoms with Crippen molar-refractivity contribution in [2.45, 2.75) is 24.7 Å². The lowest BCUT2D eigenvalue weighted by Gasteiger charge is -2.42. The second-order valence-electron chi connectivity index (χ2n) is 4.19. The van der Waals surface area contributed by atoms with Crippen molar-refractivity contribution in [3.63, 3.8) is 0 Å². The third-order valence-electron chi connectivity index (χ3n) is 3.23. The van der Waals surface area contributed by atoms with E-state index in [4.69, 9.17) is 5.73 Å². The molecule has 0 heterocycles. The van der Waals surface area contributed by atoms with E-state index < -0.39 is 0 Å². The first kappa shape index (κ1) is 9.91. The molecule has 0 amide bonds. The maximum atomic E-state index is 5.82. The SMILES string of the molecule is CSCC1(c2cccc(N)c2)CCC1. The molecule has 0 bridgehead atoms. The van der Waals surface area contributed by atoms with Crippen LogP contribution in [0.1, 0.15) is 24.8 Å². The maximum Gasteiger partial charge on any atom is 0.0316 e. The van der Waals surface area contributed by atoms with Crippen molar-refractivity contribution in [3.8, 4) is 0 Å². The predicted octanol–water partition coefficient (Wildman–Crippen LogP) is 3.05. The Hall–Kier alpha value is -0.630. The van der Waals surface area contributed by atoms with Crippen LogP contribution in [0.2, 0.25) is 0 Å². The molecule has 0 aromatic heterocycles. The Morgan fingerprint density at radius 3 is 2.71 bits per heavy atom. The van der Waals surface area contributed by atoms with Crippen LogP contribution in [-0.4, -0.2) is 12.0 Å². The van der Waals surface area contributed by atoms with Gasteiger partial charge in [-0.2, -0.15) is 11.8 Å². The second kappa shape index (κ2) is 3.85. The molecule has 1 nitrogen and oxygen atoms in total. The lowest BCUT2D eigenvalue weighted by molar-refractivity contribution is 0.279. The largest absolute Gasteiger partial charge is 0.399 e. The lowest BCUT2D eigenvalue weighted by Crippen LogP contribution is -2.36. The number of hydrogen-bond donors (Lipinski definition) is 1. The fourth-order valence-electron chi connectivity index (χ4n) is 2.26. The Balaban J connectivity index is 2.27. The summed E-state index contributed by atoms with van der Waals surface area (Å²) in [6.07, 6.45) is 6.22. The summed E-state index contributed by atoms with van der Waals surface area (Å²) in [5, 5.41) is 0. The number of nitrogens with two attached hydrogens (primary N) is 1. The zero-order chi connectivity index (χ0) is 10.0. The monoisotopic (exact) mass is 207 g/mol. The first-order valence-electron chi connectivity index (χ1n) is 5.12. The molecule has 1 fully saturated rings. The summed E-state index contributed by atoms with van der Waals surface area (Å²) >= 11 is 1.94. The van der Waals surface area contributed by atoms with Crippen LogP contribution in [0.5, 0.6) is 0 Å². The fraction of sp³-hybridized carbons (Fsp3) is 0.500. The molecule has 1 aromatic carbocycles. The summed E-state index contributed by atoms with van der Waals surface area (Å²) in [5.41, 5.74) is 8.60. The van der Waals surface area contributed by atoms with Gasteiger partial charge in [0.15, 0.2) is 0 Å². The van der Waals surface area contributed by atoms with Gasteiger partial charge in [0.05, 0.1) is 0 Å². The molecule has 2 N–H and O–H groups in total. The second-order valence-corrected chi connectivity index (χ2v) is 5.06. The Bertz CT molecular complexity index is 318. The van der Waals surface area contributed by atoms with Crippen LogP contribution in [0.15, 0.2) is 24.3 Å². The standard InChI is InChI=1S/C12H17NS/c1-14-9-12(6-3-7-12)10-4-2-5-11(13)8-10/h2,4-5,8H,3,6-7,9,13H2,1H3. The van der Waals surface area contributed by atoms with Gasteiger partial charge in [0.1, 0.15) is 0 Å². The highest BCUT2D eigenvalue weighted by molar-refractivity contribution is 7.98. The topological polar surface area (TPSA) is 26.0 Å². The first-order valence-corrected chi connectivity index (χ1v) is 6.51. The van der Waals surface area contributed by atoms with E-state index >= 15 is 0 Å². The summed E-state index contributed by atoms with van der Waals surface area (Å²) in [6.45, 7) is 0. The van der Waals surface area contributed by atoms with Crippen LogP contribution < -0.4 is 5.73 Å². The van der Waals surface area contributed by atoms with Crippen molar-refractivity contribution in [3.05, 3.63) is 29.8 Å². The van der Waals surface area contributed by atoms with E-state index in [1.54, 1.807) is 0 Å². The van der Waals surface area contributed by atoms with Gasteiger partial charge in [0, 0.05) is 16.9 Å². The molecule has 1 aliphatic carbocycles. The summed E-state index contributed by atoms with van der Waals surface area (Å²) in [4.78, 5) is 0. The van der Waals surface area contributed by atoms with Crippen molar-refractivity contribution in [1.82, 2.24) is 0 Å². The summed E-state index contributed by atoms with van der Waals surface area (Å²) < 4.78 is 0. The third kappa shape index (κ3) is 1.63. The fourth-order valence-corrected chi connectivity index (χ4v) is 3.27. The van der Waals surface area contributed by atoms with Crippen molar-refractivity contribution in [2.24, 2.45) is 0 Å². The highest BCUT2D eigenvalue weighted by Crippen LogP contribution is 2.45. The van der Waals surface area contributed by atoms with Crippen molar-refractivity contribution < 1.29 is 0 Å². The zero-order valence-corrected chi connectivity index (χ0v) is 9.44. The summed E-state index contributed by atoms with van der Waals surface area (Å²) in [5.74, 6) is 1.23. The molecule has 76 valence electrons. The van der Waals surface area contributed by atoms with Gasteiger partial charge in [0.25, 0.3) is 0 Å². The van der Waals surface area contributed by atoms with E-state index in [9.17, 15) is 0 Å². The molecule has 14 heavy (non-hydrogen) atoms. The van der Waals surface area contributed by atoms with E-state index in [0.29, 0.717) is 5.41 Å². The van der Waals surface area contributed by atoms with E-state index in [2.05, 4.69) is 24.5 Å². The van der Waals surface area contributed by atoms with Gasteiger partial charge in [-0.3, -0.25) is 0 Å². The third-order valence-corrected chi connectivity index (χ3v) is 4.07. The first-order chi connectivity index (χ1) is 6.77. The van der Waals surface area contributed by atoms with E-state index in [-0.39, 0.29) is 0 Å². The molecule has 2 heteroatoms. The smallest absolute Gasteiger partial charge is 0.0316 e. The predicted molar refractivity (Wildman–Crippen MR) is 64.8 cm³/mol. The highest BCUT2D eigenvalue weighted by Gasteiger charge is 2.37. The van der Waals surface area contributed by atoms with E-state index in [0.717, 1.165) is 5.69 Å². The minimum absolute atomic E-state index is 0.439. The van der Waals surface area contributed by atoms with Gasteiger partial charge in [0.2, 0.25) is 0 Å². The summed E-state index contributed by atoms with van der Waals surface area (Å²) in [6, 6.07) is 8.42. The number of hydrogen-bond acceptors (Lipinski definition) is 2.